The molecular formula is C8H14ClNO2S. The molecule has 0 radical (unpaired) electrons. The zero-order valence-electron chi connectivity index (χ0n) is 7.66. The van der Waals surface area contributed by atoms with E-state index in [2.05, 4.69) is 11.5 Å². The maximum absolute atomic E-state index is 10.9. The lowest BCUT2D eigenvalue weighted by Gasteiger charge is -2.09. The van der Waals surface area contributed by atoms with Gasteiger partial charge in [0, 0.05) is 17.2 Å². The molecule has 1 atom stereocenters. The third kappa shape index (κ3) is 3.29. The topological polar surface area (TPSA) is 37.4 Å². The molecule has 1 aliphatic rings. The summed E-state index contributed by atoms with van der Waals surface area (Å²) in [5.74, 6) is 0.394. The fraction of sp³-hybridized carbons (Fsp3) is 0.750. The van der Waals surface area contributed by atoms with Crippen molar-refractivity contribution in [2.45, 2.75) is 12.8 Å². The Bertz CT molecular complexity index is 299. The standard InChI is InChI=1S/C8H14ClNO2S/c1-7(13(9,11)12)5-8-3-4-10(2)6-8/h8H,1,3-6H2,2H3. The van der Waals surface area contributed by atoms with Gasteiger partial charge in [0.1, 0.15) is 0 Å². The molecule has 0 aromatic heterocycles. The first-order chi connectivity index (χ1) is 5.89. The third-order valence-electron chi connectivity index (χ3n) is 2.35. The molecule has 0 saturated carbocycles. The maximum Gasteiger partial charge on any atom is 0.256 e. The van der Waals surface area contributed by atoms with Gasteiger partial charge in [0.25, 0.3) is 9.05 Å². The highest BCUT2D eigenvalue weighted by molar-refractivity contribution is 8.16. The van der Waals surface area contributed by atoms with Crippen molar-refractivity contribution in [3.05, 3.63) is 11.5 Å². The molecule has 1 rings (SSSR count). The number of hydrogen-bond acceptors (Lipinski definition) is 3. The quantitative estimate of drug-likeness (QED) is 0.679. The van der Waals surface area contributed by atoms with Crippen molar-refractivity contribution in [2.75, 3.05) is 20.1 Å². The lowest BCUT2D eigenvalue weighted by atomic mass is 10.1. The Kier molecular flexibility index (Phi) is 3.38. The normalized spacial score (nSPS) is 24.9. The van der Waals surface area contributed by atoms with Crippen LogP contribution >= 0.6 is 10.7 Å². The summed E-state index contributed by atoms with van der Waals surface area (Å²) in [6.45, 7) is 5.44. The van der Waals surface area contributed by atoms with Crippen LogP contribution in [0.2, 0.25) is 0 Å². The molecule has 0 aliphatic carbocycles. The van der Waals surface area contributed by atoms with Gasteiger partial charge in [0.05, 0.1) is 4.91 Å². The van der Waals surface area contributed by atoms with Gasteiger partial charge in [0.15, 0.2) is 0 Å². The predicted octanol–water partition coefficient (Wildman–Crippen LogP) is 1.41. The van der Waals surface area contributed by atoms with Crippen LogP contribution in [0.1, 0.15) is 12.8 Å². The van der Waals surface area contributed by atoms with E-state index in [1.165, 1.54) is 0 Å². The lowest BCUT2D eigenvalue weighted by Crippen LogP contribution is -2.14. The van der Waals surface area contributed by atoms with Gasteiger partial charge in [-0.1, -0.05) is 6.58 Å². The zero-order valence-corrected chi connectivity index (χ0v) is 9.24. The van der Waals surface area contributed by atoms with E-state index in [1.54, 1.807) is 0 Å². The van der Waals surface area contributed by atoms with E-state index in [4.69, 9.17) is 10.7 Å². The van der Waals surface area contributed by atoms with Crippen molar-refractivity contribution in [2.24, 2.45) is 5.92 Å². The maximum atomic E-state index is 10.9. The second-order valence-electron chi connectivity index (χ2n) is 3.60. The Morgan fingerprint density at radius 3 is 2.69 bits per heavy atom. The van der Waals surface area contributed by atoms with Gasteiger partial charge in [-0.3, -0.25) is 0 Å². The van der Waals surface area contributed by atoms with Crippen LogP contribution in [0.25, 0.3) is 0 Å². The fourth-order valence-electron chi connectivity index (χ4n) is 1.61. The number of rotatable bonds is 3. The molecule has 0 amide bonds. The highest BCUT2D eigenvalue weighted by Crippen LogP contribution is 2.25. The van der Waals surface area contributed by atoms with Crippen molar-refractivity contribution in [3.63, 3.8) is 0 Å². The average Bonchev–Trinajstić information content (AvgIpc) is 2.33. The van der Waals surface area contributed by atoms with E-state index in [0.29, 0.717) is 12.3 Å². The van der Waals surface area contributed by atoms with Crippen LogP contribution < -0.4 is 0 Å². The van der Waals surface area contributed by atoms with E-state index in [-0.39, 0.29) is 4.91 Å². The SMILES string of the molecule is C=C(CC1CCN(C)C1)S(=O)(=O)Cl. The van der Waals surface area contributed by atoms with Crippen LogP contribution in [0.4, 0.5) is 0 Å². The third-order valence-corrected chi connectivity index (χ3v) is 3.86. The van der Waals surface area contributed by atoms with Crippen LogP contribution in [0, 0.1) is 5.92 Å². The van der Waals surface area contributed by atoms with E-state index < -0.39 is 9.05 Å². The molecule has 1 unspecified atom stereocenters. The minimum Gasteiger partial charge on any atom is -0.306 e. The molecule has 1 heterocycles. The summed E-state index contributed by atoms with van der Waals surface area (Å²) in [7, 11) is 3.63. The first-order valence-electron chi connectivity index (χ1n) is 4.20. The molecule has 0 aromatic carbocycles. The molecule has 0 aromatic rings. The van der Waals surface area contributed by atoms with Gasteiger partial charge in [-0.15, -0.1) is 0 Å². The van der Waals surface area contributed by atoms with Crippen molar-refractivity contribution in [1.82, 2.24) is 4.90 Å². The van der Waals surface area contributed by atoms with Gasteiger partial charge < -0.3 is 4.90 Å². The van der Waals surface area contributed by atoms with Crippen molar-refractivity contribution >= 4 is 19.7 Å². The van der Waals surface area contributed by atoms with Crippen molar-refractivity contribution in [3.8, 4) is 0 Å². The minimum absolute atomic E-state index is 0.148. The molecule has 1 fully saturated rings. The molecule has 76 valence electrons. The predicted molar refractivity (Wildman–Crippen MR) is 54.1 cm³/mol. The number of likely N-dealkylation sites (tertiary alicyclic amines) is 1. The van der Waals surface area contributed by atoms with E-state index in [0.717, 1.165) is 19.5 Å². The van der Waals surface area contributed by atoms with E-state index in [9.17, 15) is 8.42 Å². The summed E-state index contributed by atoms with van der Waals surface area (Å²) in [5.41, 5.74) is 0. The molecule has 13 heavy (non-hydrogen) atoms. The molecule has 1 saturated heterocycles. The van der Waals surface area contributed by atoms with E-state index >= 15 is 0 Å². The average molecular weight is 224 g/mol. The fourth-order valence-corrected chi connectivity index (χ4v) is 2.24. The van der Waals surface area contributed by atoms with Gasteiger partial charge in [-0.2, -0.15) is 0 Å². The first-order valence-corrected chi connectivity index (χ1v) is 6.51. The van der Waals surface area contributed by atoms with Crippen LogP contribution in [-0.2, 0) is 9.05 Å². The van der Waals surface area contributed by atoms with Crippen LogP contribution in [-0.4, -0.2) is 33.5 Å². The Morgan fingerprint density at radius 1 is 1.69 bits per heavy atom. The second-order valence-corrected chi connectivity index (χ2v) is 6.27. The molecule has 0 N–H and O–H groups in total. The van der Waals surface area contributed by atoms with Gasteiger partial charge >= 0.3 is 0 Å². The van der Waals surface area contributed by atoms with Gasteiger partial charge in [-0.05, 0) is 32.4 Å². The number of hydrogen-bond donors (Lipinski definition) is 0. The summed E-state index contributed by atoms with van der Waals surface area (Å²) in [5, 5.41) is 0. The lowest BCUT2D eigenvalue weighted by molar-refractivity contribution is 0.395. The monoisotopic (exact) mass is 223 g/mol. The summed E-state index contributed by atoms with van der Waals surface area (Å²) >= 11 is 0. The minimum atomic E-state index is -3.55. The largest absolute Gasteiger partial charge is 0.306 e. The highest BCUT2D eigenvalue weighted by Gasteiger charge is 2.23. The Hall–Kier alpha value is -0.0600. The molecule has 0 spiro atoms. The van der Waals surface area contributed by atoms with Crippen LogP contribution in [0.15, 0.2) is 11.5 Å². The van der Waals surface area contributed by atoms with Gasteiger partial charge in [-0.25, -0.2) is 8.42 Å². The first kappa shape index (κ1) is 11.0. The van der Waals surface area contributed by atoms with Gasteiger partial charge in [0.2, 0.25) is 0 Å². The molecule has 0 bridgehead atoms. The number of nitrogens with zero attached hydrogens (tertiary/aromatic N) is 1. The summed E-state index contributed by atoms with van der Waals surface area (Å²) in [6.07, 6.45) is 1.53. The van der Waals surface area contributed by atoms with E-state index in [1.807, 2.05) is 7.05 Å². The zero-order chi connectivity index (χ0) is 10.1. The van der Waals surface area contributed by atoms with Crippen molar-refractivity contribution < 1.29 is 8.42 Å². The van der Waals surface area contributed by atoms with Crippen molar-refractivity contribution in [1.29, 1.82) is 0 Å². The molecule has 5 heteroatoms. The molecule has 1 aliphatic heterocycles. The Labute approximate surface area is 83.8 Å². The summed E-state index contributed by atoms with van der Waals surface area (Å²) in [6, 6.07) is 0. The highest BCUT2D eigenvalue weighted by atomic mass is 35.7. The smallest absolute Gasteiger partial charge is 0.256 e. The summed E-state index contributed by atoms with van der Waals surface area (Å²) < 4.78 is 21.7. The van der Waals surface area contributed by atoms with Crippen LogP contribution in [0.3, 0.4) is 0 Å². The molecule has 3 nitrogen and oxygen atoms in total. The summed E-state index contributed by atoms with van der Waals surface area (Å²) in [4.78, 5) is 2.33. The second kappa shape index (κ2) is 3.98. The number of halogens is 1. The number of allylic oxidation sites excluding steroid dienone is 1. The Morgan fingerprint density at radius 2 is 2.31 bits per heavy atom. The molecular weight excluding hydrogens is 210 g/mol. The van der Waals surface area contributed by atoms with Crippen LogP contribution in [0.5, 0.6) is 0 Å². The Balaban J connectivity index is 2.47.